The van der Waals surface area contributed by atoms with Gasteiger partial charge in [-0.3, -0.25) is 0 Å². The molecule has 0 N–H and O–H groups in total. The molecule has 0 aromatic rings. The van der Waals surface area contributed by atoms with Crippen molar-refractivity contribution in [3.8, 4) is 11.2 Å². The van der Waals surface area contributed by atoms with Crippen molar-refractivity contribution in [3.63, 3.8) is 0 Å². The standard InChI is InChI=1S/C9H14S/c1-4-9(3)7-6-8-10-5-2/h7H,4-5H2,1-3H3. The maximum atomic E-state index is 2.99. The number of hydrogen-bond acceptors (Lipinski definition) is 1. The Hall–Kier alpha value is -0.350. The van der Waals surface area contributed by atoms with Gasteiger partial charge in [-0.1, -0.05) is 37.1 Å². The van der Waals surface area contributed by atoms with E-state index in [4.69, 9.17) is 0 Å². The first-order valence-corrected chi connectivity index (χ1v) is 4.57. The highest BCUT2D eigenvalue weighted by molar-refractivity contribution is 8.03. The van der Waals surface area contributed by atoms with E-state index in [1.165, 1.54) is 5.57 Å². The van der Waals surface area contributed by atoms with Crippen LogP contribution in [0.25, 0.3) is 0 Å². The minimum atomic E-state index is 1.08. The highest BCUT2D eigenvalue weighted by Gasteiger charge is 1.77. The number of allylic oxidation sites excluding steroid dienone is 2. The van der Waals surface area contributed by atoms with Gasteiger partial charge in [0.25, 0.3) is 0 Å². The van der Waals surface area contributed by atoms with Gasteiger partial charge in [-0.15, -0.1) is 0 Å². The third-order valence-electron chi connectivity index (χ3n) is 1.15. The maximum absolute atomic E-state index is 2.99. The van der Waals surface area contributed by atoms with Gasteiger partial charge in [0, 0.05) is 5.75 Å². The lowest BCUT2D eigenvalue weighted by Gasteiger charge is -1.85. The minimum absolute atomic E-state index is 1.08. The van der Waals surface area contributed by atoms with Crippen molar-refractivity contribution in [2.45, 2.75) is 27.2 Å². The summed E-state index contributed by atoms with van der Waals surface area (Å²) in [5, 5.41) is 2.99. The molecule has 0 heterocycles. The van der Waals surface area contributed by atoms with E-state index in [0.29, 0.717) is 0 Å². The molecule has 0 saturated heterocycles. The van der Waals surface area contributed by atoms with E-state index in [1.54, 1.807) is 11.8 Å². The third-order valence-corrected chi connectivity index (χ3v) is 1.70. The van der Waals surface area contributed by atoms with Crippen LogP contribution in [0, 0.1) is 11.2 Å². The molecule has 0 aromatic heterocycles. The smallest absolute Gasteiger partial charge is 0.00283 e. The number of hydrogen-bond donors (Lipinski definition) is 0. The summed E-state index contributed by atoms with van der Waals surface area (Å²) in [4.78, 5) is 0. The molecule has 0 radical (unpaired) electrons. The van der Waals surface area contributed by atoms with Crippen molar-refractivity contribution in [1.82, 2.24) is 0 Å². The lowest BCUT2D eigenvalue weighted by Crippen LogP contribution is -1.67. The second kappa shape index (κ2) is 6.77. The van der Waals surface area contributed by atoms with E-state index < -0.39 is 0 Å². The van der Waals surface area contributed by atoms with Gasteiger partial charge in [0.15, 0.2) is 0 Å². The zero-order valence-electron chi connectivity index (χ0n) is 6.90. The first-order chi connectivity index (χ1) is 4.81. The van der Waals surface area contributed by atoms with Gasteiger partial charge in [-0.25, -0.2) is 0 Å². The van der Waals surface area contributed by atoms with Gasteiger partial charge in [-0.2, -0.15) is 0 Å². The summed E-state index contributed by atoms with van der Waals surface area (Å²) < 4.78 is 0. The zero-order valence-corrected chi connectivity index (χ0v) is 7.72. The van der Waals surface area contributed by atoms with Crippen LogP contribution in [0.1, 0.15) is 27.2 Å². The molecule has 0 saturated carbocycles. The van der Waals surface area contributed by atoms with Gasteiger partial charge >= 0.3 is 0 Å². The summed E-state index contributed by atoms with van der Waals surface area (Å²) in [5.74, 6) is 4.06. The van der Waals surface area contributed by atoms with E-state index >= 15 is 0 Å². The van der Waals surface area contributed by atoms with Gasteiger partial charge in [-0.05, 0) is 24.7 Å². The maximum Gasteiger partial charge on any atom is 0.00283 e. The van der Waals surface area contributed by atoms with Crippen LogP contribution in [-0.4, -0.2) is 5.75 Å². The quantitative estimate of drug-likeness (QED) is 0.551. The first-order valence-electron chi connectivity index (χ1n) is 3.59. The Morgan fingerprint density at radius 2 is 2.20 bits per heavy atom. The Balaban J connectivity index is 3.61. The Morgan fingerprint density at radius 1 is 1.50 bits per heavy atom. The molecule has 0 aliphatic heterocycles. The van der Waals surface area contributed by atoms with Crippen molar-refractivity contribution in [3.05, 3.63) is 11.6 Å². The molecule has 0 bridgehead atoms. The van der Waals surface area contributed by atoms with E-state index in [1.807, 2.05) is 6.08 Å². The van der Waals surface area contributed by atoms with Crippen molar-refractivity contribution in [1.29, 1.82) is 0 Å². The predicted octanol–water partition coefficient (Wildman–Crippen LogP) is 3.06. The van der Waals surface area contributed by atoms with Gasteiger partial charge in [0.05, 0.1) is 0 Å². The van der Waals surface area contributed by atoms with Crippen LogP contribution in [0.15, 0.2) is 11.6 Å². The van der Waals surface area contributed by atoms with E-state index in [-0.39, 0.29) is 0 Å². The van der Waals surface area contributed by atoms with Crippen molar-refractivity contribution < 1.29 is 0 Å². The molecular weight excluding hydrogens is 140 g/mol. The molecule has 0 rings (SSSR count). The first kappa shape index (κ1) is 9.65. The fraction of sp³-hybridized carbons (Fsp3) is 0.556. The summed E-state index contributed by atoms with van der Waals surface area (Å²) in [5.41, 5.74) is 1.35. The molecule has 56 valence electrons. The van der Waals surface area contributed by atoms with Crippen molar-refractivity contribution in [2.24, 2.45) is 0 Å². The molecule has 0 amide bonds. The van der Waals surface area contributed by atoms with Crippen LogP contribution in [0.3, 0.4) is 0 Å². The summed E-state index contributed by atoms with van der Waals surface area (Å²) in [7, 11) is 0. The highest BCUT2D eigenvalue weighted by Crippen LogP contribution is 1.97. The molecule has 0 unspecified atom stereocenters. The Bertz CT molecular complexity index is 157. The number of rotatable bonds is 2. The second-order valence-corrected chi connectivity index (χ2v) is 3.09. The van der Waals surface area contributed by atoms with Crippen LogP contribution < -0.4 is 0 Å². The van der Waals surface area contributed by atoms with Crippen LogP contribution in [0.4, 0.5) is 0 Å². The molecule has 0 aliphatic carbocycles. The summed E-state index contributed by atoms with van der Waals surface area (Å²) in [6.45, 7) is 6.35. The third kappa shape index (κ3) is 5.78. The Labute approximate surface area is 68.1 Å². The molecule has 0 atom stereocenters. The average Bonchev–Trinajstić information content (AvgIpc) is 1.98. The molecule has 0 nitrogen and oxygen atoms in total. The topological polar surface area (TPSA) is 0 Å². The van der Waals surface area contributed by atoms with Crippen LogP contribution in [0.5, 0.6) is 0 Å². The molecular formula is C9H14S. The van der Waals surface area contributed by atoms with E-state index in [9.17, 15) is 0 Å². The van der Waals surface area contributed by atoms with E-state index in [0.717, 1.165) is 12.2 Å². The molecule has 0 aliphatic rings. The Morgan fingerprint density at radius 3 is 2.70 bits per heavy atom. The summed E-state index contributed by atoms with van der Waals surface area (Å²) in [6.07, 6.45) is 3.09. The summed E-state index contributed by atoms with van der Waals surface area (Å²) >= 11 is 1.65. The second-order valence-electron chi connectivity index (χ2n) is 2.02. The van der Waals surface area contributed by atoms with Crippen LogP contribution in [-0.2, 0) is 0 Å². The van der Waals surface area contributed by atoms with Crippen LogP contribution >= 0.6 is 11.8 Å². The van der Waals surface area contributed by atoms with Gasteiger partial charge in [0.2, 0.25) is 0 Å². The molecule has 0 spiro atoms. The predicted molar refractivity (Wildman–Crippen MR) is 50.0 cm³/mol. The highest BCUT2D eigenvalue weighted by atomic mass is 32.2. The fourth-order valence-corrected chi connectivity index (χ4v) is 0.655. The molecule has 0 fully saturated rings. The SMILES string of the molecule is CCSC#CC=C(C)CC. The average molecular weight is 154 g/mol. The van der Waals surface area contributed by atoms with Crippen LogP contribution in [0.2, 0.25) is 0 Å². The van der Waals surface area contributed by atoms with E-state index in [2.05, 4.69) is 31.9 Å². The largest absolute Gasteiger partial charge is 0.0750 e. The fourth-order valence-electron chi connectivity index (χ4n) is 0.369. The Kier molecular flexibility index (Phi) is 6.53. The lowest BCUT2D eigenvalue weighted by molar-refractivity contribution is 1.10. The van der Waals surface area contributed by atoms with Crippen molar-refractivity contribution >= 4 is 11.8 Å². The zero-order chi connectivity index (χ0) is 7.82. The normalized spacial score (nSPS) is 10.5. The minimum Gasteiger partial charge on any atom is -0.0750 e. The summed E-state index contributed by atoms with van der Waals surface area (Å²) in [6, 6.07) is 0. The lowest BCUT2D eigenvalue weighted by atomic mass is 10.2. The monoisotopic (exact) mass is 154 g/mol. The van der Waals surface area contributed by atoms with Gasteiger partial charge in [0.1, 0.15) is 0 Å². The van der Waals surface area contributed by atoms with Crippen molar-refractivity contribution in [2.75, 3.05) is 5.75 Å². The van der Waals surface area contributed by atoms with Gasteiger partial charge < -0.3 is 0 Å². The molecule has 0 aromatic carbocycles. The molecule has 10 heavy (non-hydrogen) atoms. The molecule has 1 heteroatoms. The number of thioether (sulfide) groups is 1.